The normalized spacial score (nSPS) is 16.8. The fraction of sp³-hybridized carbons (Fsp3) is 0.500. The molecule has 6 heteroatoms. The summed E-state index contributed by atoms with van der Waals surface area (Å²) in [6.07, 6.45) is 0. The average Bonchev–Trinajstić information content (AvgIpc) is 2.43. The van der Waals surface area contributed by atoms with Crippen LogP contribution in [0.2, 0.25) is 10.0 Å². The van der Waals surface area contributed by atoms with Crippen molar-refractivity contribution in [2.45, 2.75) is 19.9 Å². The number of amides is 1. The van der Waals surface area contributed by atoms with E-state index in [9.17, 15) is 4.79 Å². The largest absolute Gasteiger partial charge is 0.397 e. The third-order valence-corrected chi connectivity index (χ3v) is 4.45. The second-order valence-corrected chi connectivity index (χ2v) is 6.07. The van der Waals surface area contributed by atoms with Crippen LogP contribution in [0.15, 0.2) is 12.1 Å². The van der Waals surface area contributed by atoms with Crippen LogP contribution in [0.4, 0.5) is 5.69 Å². The first kappa shape index (κ1) is 15.4. The first-order valence-corrected chi connectivity index (χ1v) is 7.43. The average molecular weight is 316 g/mol. The molecule has 1 aliphatic rings. The predicted molar refractivity (Wildman–Crippen MR) is 83.5 cm³/mol. The lowest BCUT2D eigenvalue weighted by Crippen LogP contribution is -2.50. The second kappa shape index (κ2) is 6.20. The Morgan fingerprint density at radius 2 is 1.80 bits per heavy atom. The highest BCUT2D eigenvalue weighted by atomic mass is 35.5. The topological polar surface area (TPSA) is 49.6 Å². The zero-order chi connectivity index (χ0) is 14.9. The van der Waals surface area contributed by atoms with Crippen LogP contribution in [0.1, 0.15) is 24.2 Å². The summed E-state index contributed by atoms with van der Waals surface area (Å²) >= 11 is 11.9. The number of nitrogens with zero attached hydrogens (tertiary/aromatic N) is 2. The van der Waals surface area contributed by atoms with E-state index in [1.807, 2.05) is 4.90 Å². The van der Waals surface area contributed by atoms with E-state index in [4.69, 9.17) is 28.9 Å². The molecule has 2 N–H and O–H groups in total. The Morgan fingerprint density at radius 1 is 1.20 bits per heavy atom. The van der Waals surface area contributed by atoms with Crippen LogP contribution in [0, 0.1) is 0 Å². The summed E-state index contributed by atoms with van der Waals surface area (Å²) in [6, 6.07) is 3.68. The van der Waals surface area contributed by atoms with Gasteiger partial charge in [0.05, 0.1) is 15.7 Å². The molecular weight excluding hydrogens is 297 g/mol. The number of hydrogen-bond acceptors (Lipinski definition) is 3. The molecule has 1 aromatic carbocycles. The monoisotopic (exact) mass is 315 g/mol. The van der Waals surface area contributed by atoms with Gasteiger partial charge in [-0.05, 0) is 26.0 Å². The second-order valence-electron chi connectivity index (χ2n) is 5.28. The Morgan fingerprint density at radius 3 is 2.30 bits per heavy atom. The highest BCUT2D eigenvalue weighted by Crippen LogP contribution is 2.30. The number of carbonyl (C=O) groups excluding carboxylic acids is 1. The molecule has 0 atom stereocenters. The summed E-state index contributed by atoms with van der Waals surface area (Å²) in [5.74, 6) is -0.0429. The minimum absolute atomic E-state index is 0.0429. The Kier molecular flexibility index (Phi) is 4.78. The zero-order valence-electron chi connectivity index (χ0n) is 11.7. The van der Waals surface area contributed by atoms with Crippen molar-refractivity contribution in [3.05, 3.63) is 27.7 Å². The van der Waals surface area contributed by atoms with Gasteiger partial charge in [-0.25, -0.2) is 0 Å². The molecule has 0 unspecified atom stereocenters. The van der Waals surface area contributed by atoms with Gasteiger partial charge in [0.2, 0.25) is 0 Å². The highest BCUT2D eigenvalue weighted by Gasteiger charge is 2.24. The number of halogens is 2. The van der Waals surface area contributed by atoms with E-state index in [0.717, 1.165) is 26.2 Å². The molecular formula is C14H19Cl2N3O. The van der Waals surface area contributed by atoms with Gasteiger partial charge in [-0.1, -0.05) is 23.2 Å². The Labute approximate surface area is 129 Å². The van der Waals surface area contributed by atoms with Gasteiger partial charge >= 0.3 is 0 Å². The van der Waals surface area contributed by atoms with Gasteiger partial charge < -0.3 is 10.6 Å². The van der Waals surface area contributed by atoms with Gasteiger partial charge in [0.15, 0.2) is 0 Å². The lowest BCUT2D eigenvalue weighted by molar-refractivity contribution is 0.0595. The van der Waals surface area contributed by atoms with Gasteiger partial charge in [0, 0.05) is 37.8 Å². The van der Waals surface area contributed by atoms with Crippen molar-refractivity contribution in [1.82, 2.24) is 9.80 Å². The van der Waals surface area contributed by atoms with Crippen LogP contribution in [-0.4, -0.2) is 47.9 Å². The molecule has 1 heterocycles. The van der Waals surface area contributed by atoms with Crippen LogP contribution in [0.25, 0.3) is 0 Å². The maximum atomic E-state index is 12.4. The number of nitrogen functional groups attached to an aromatic ring is 1. The summed E-state index contributed by atoms with van der Waals surface area (Å²) in [6.45, 7) is 7.54. The number of piperazine rings is 1. The summed E-state index contributed by atoms with van der Waals surface area (Å²) < 4.78 is 0. The van der Waals surface area contributed by atoms with Crippen LogP contribution >= 0.6 is 23.2 Å². The lowest BCUT2D eigenvalue weighted by Gasteiger charge is -2.37. The lowest BCUT2D eigenvalue weighted by atomic mass is 10.1. The van der Waals surface area contributed by atoms with Crippen LogP contribution in [-0.2, 0) is 0 Å². The number of nitrogens with two attached hydrogens (primary N) is 1. The van der Waals surface area contributed by atoms with Crippen LogP contribution in [0.3, 0.4) is 0 Å². The van der Waals surface area contributed by atoms with Crippen LogP contribution < -0.4 is 5.73 Å². The standard InChI is InChI=1S/C14H19Cl2N3O/c1-9(2)18-3-5-19(6-4-18)14(20)10-7-11(15)13(16)12(17)8-10/h7-9H,3-6,17H2,1-2H3. The van der Waals surface area contributed by atoms with Crippen molar-refractivity contribution in [3.8, 4) is 0 Å². The number of carbonyl (C=O) groups is 1. The summed E-state index contributed by atoms with van der Waals surface area (Å²) in [5, 5.41) is 0.615. The van der Waals surface area contributed by atoms with Crippen molar-refractivity contribution >= 4 is 34.8 Å². The van der Waals surface area contributed by atoms with E-state index in [1.54, 1.807) is 12.1 Å². The van der Waals surface area contributed by atoms with E-state index in [1.165, 1.54) is 0 Å². The molecule has 1 fully saturated rings. The number of benzene rings is 1. The third kappa shape index (κ3) is 3.19. The first-order valence-electron chi connectivity index (χ1n) is 6.68. The fourth-order valence-corrected chi connectivity index (χ4v) is 2.69. The van der Waals surface area contributed by atoms with Gasteiger partial charge in [-0.2, -0.15) is 0 Å². The van der Waals surface area contributed by atoms with Crippen molar-refractivity contribution < 1.29 is 4.79 Å². The summed E-state index contributed by atoms with van der Waals surface area (Å²) in [7, 11) is 0. The molecule has 20 heavy (non-hydrogen) atoms. The van der Waals surface area contributed by atoms with E-state index in [2.05, 4.69) is 18.7 Å². The molecule has 0 spiro atoms. The molecule has 4 nitrogen and oxygen atoms in total. The quantitative estimate of drug-likeness (QED) is 0.854. The molecule has 1 saturated heterocycles. The zero-order valence-corrected chi connectivity index (χ0v) is 13.2. The Bertz CT molecular complexity index is 488. The first-order chi connectivity index (χ1) is 9.40. The molecule has 1 amide bonds. The van der Waals surface area contributed by atoms with E-state index in [0.29, 0.717) is 27.3 Å². The molecule has 0 radical (unpaired) electrons. The molecule has 0 bridgehead atoms. The van der Waals surface area contributed by atoms with Crippen molar-refractivity contribution in [2.24, 2.45) is 0 Å². The van der Waals surface area contributed by atoms with Gasteiger partial charge in [0.25, 0.3) is 5.91 Å². The van der Waals surface area contributed by atoms with Crippen molar-refractivity contribution in [1.29, 1.82) is 0 Å². The van der Waals surface area contributed by atoms with Crippen molar-refractivity contribution in [3.63, 3.8) is 0 Å². The molecule has 1 aliphatic heterocycles. The summed E-state index contributed by atoms with van der Waals surface area (Å²) in [4.78, 5) is 16.6. The molecule has 110 valence electrons. The third-order valence-electron chi connectivity index (χ3n) is 3.64. The minimum Gasteiger partial charge on any atom is -0.397 e. The smallest absolute Gasteiger partial charge is 0.254 e. The van der Waals surface area contributed by atoms with E-state index < -0.39 is 0 Å². The maximum absolute atomic E-state index is 12.4. The van der Waals surface area contributed by atoms with Gasteiger partial charge in [-0.3, -0.25) is 9.69 Å². The molecule has 0 aliphatic carbocycles. The summed E-state index contributed by atoms with van der Waals surface area (Å²) in [5.41, 5.74) is 6.59. The van der Waals surface area contributed by atoms with Gasteiger partial charge in [0.1, 0.15) is 0 Å². The maximum Gasteiger partial charge on any atom is 0.254 e. The van der Waals surface area contributed by atoms with E-state index in [-0.39, 0.29) is 5.91 Å². The highest BCUT2D eigenvalue weighted by molar-refractivity contribution is 6.43. The number of hydrogen-bond donors (Lipinski definition) is 1. The predicted octanol–water partition coefficient (Wildman–Crippen LogP) is 2.74. The van der Waals surface area contributed by atoms with Gasteiger partial charge in [-0.15, -0.1) is 0 Å². The SMILES string of the molecule is CC(C)N1CCN(C(=O)c2cc(N)c(Cl)c(Cl)c2)CC1. The number of anilines is 1. The fourth-order valence-electron chi connectivity index (χ4n) is 2.36. The Balaban J connectivity index is 2.09. The van der Waals surface area contributed by atoms with Crippen molar-refractivity contribution in [2.75, 3.05) is 31.9 Å². The minimum atomic E-state index is -0.0429. The molecule has 2 rings (SSSR count). The van der Waals surface area contributed by atoms with E-state index >= 15 is 0 Å². The van der Waals surface area contributed by atoms with Crippen LogP contribution in [0.5, 0.6) is 0 Å². The molecule has 0 saturated carbocycles. The molecule has 1 aromatic rings. The number of rotatable bonds is 2. The molecule has 0 aromatic heterocycles. The Hall–Kier alpha value is -0.970.